The minimum absolute atomic E-state index is 0.0680. The Bertz CT molecular complexity index is 1290. The van der Waals surface area contributed by atoms with E-state index in [-0.39, 0.29) is 16.4 Å². The Labute approximate surface area is 193 Å². The average molecular weight is 464 g/mol. The molecule has 2 N–H and O–H groups in total. The second-order valence-electron chi connectivity index (χ2n) is 7.73. The van der Waals surface area contributed by atoms with E-state index in [4.69, 9.17) is 0 Å². The molecule has 0 radical (unpaired) electrons. The molecular formula is C25H25N3O4S. The fourth-order valence-corrected chi connectivity index (χ4v) is 5.43. The number of fused-ring (bicyclic) bond motifs is 1. The number of nitrogens with zero attached hydrogens (tertiary/aromatic N) is 1. The van der Waals surface area contributed by atoms with E-state index in [0.717, 1.165) is 18.4 Å². The van der Waals surface area contributed by atoms with Crippen molar-refractivity contribution in [3.05, 3.63) is 89.5 Å². The Hall–Kier alpha value is -3.65. The van der Waals surface area contributed by atoms with Crippen molar-refractivity contribution in [1.29, 1.82) is 0 Å². The highest BCUT2D eigenvalue weighted by molar-refractivity contribution is 7.92. The molecular weight excluding hydrogens is 438 g/mol. The van der Waals surface area contributed by atoms with E-state index in [1.165, 1.54) is 16.4 Å². The summed E-state index contributed by atoms with van der Waals surface area (Å²) >= 11 is 0. The van der Waals surface area contributed by atoms with Crippen LogP contribution in [0.5, 0.6) is 0 Å². The molecule has 33 heavy (non-hydrogen) atoms. The van der Waals surface area contributed by atoms with Crippen molar-refractivity contribution in [1.82, 2.24) is 5.32 Å². The number of hydrogen-bond acceptors (Lipinski definition) is 4. The number of benzene rings is 3. The number of aryl methyl sites for hydroxylation is 1. The number of carbonyl (C=O) groups is 2. The van der Waals surface area contributed by atoms with Crippen LogP contribution in [0.4, 0.5) is 11.4 Å². The third-order valence-electron chi connectivity index (χ3n) is 5.49. The van der Waals surface area contributed by atoms with Gasteiger partial charge in [-0.05, 0) is 73.9 Å². The van der Waals surface area contributed by atoms with Crippen LogP contribution in [0.3, 0.4) is 0 Å². The van der Waals surface area contributed by atoms with Gasteiger partial charge < -0.3 is 10.6 Å². The van der Waals surface area contributed by atoms with Crippen LogP contribution >= 0.6 is 0 Å². The maximum Gasteiger partial charge on any atom is 0.264 e. The fourth-order valence-electron chi connectivity index (χ4n) is 3.84. The van der Waals surface area contributed by atoms with Crippen LogP contribution in [0.1, 0.15) is 39.6 Å². The van der Waals surface area contributed by atoms with Crippen molar-refractivity contribution in [2.45, 2.75) is 24.7 Å². The van der Waals surface area contributed by atoms with Gasteiger partial charge in [-0.2, -0.15) is 0 Å². The van der Waals surface area contributed by atoms with E-state index in [9.17, 15) is 18.0 Å². The monoisotopic (exact) mass is 463 g/mol. The predicted molar refractivity (Wildman–Crippen MR) is 128 cm³/mol. The molecule has 170 valence electrons. The van der Waals surface area contributed by atoms with Gasteiger partial charge in [-0.1, -0.05) is 24.3 Å². The first-order chi connectivity index (χ1) is 15.9. The first-order valence-electron chi connectivity index (χ1n) is 10.8. The van der Waals surface area contributed by atoms with Crippen LogP contribution in [0.25, 0.3) is 0 Å². The molecule has 7 nitrogen and oxygen atoms in total. The molecule has 0 aromatic heterocycles. The second-order valence-corrected chi connectivity index (χ2v) is 9.59. The molecule has 0 atom stereocenters. The number of sulfonamides is 1. The van der Waals surface area contributed by atoms with E-state index < -0.39 is 15.9 Å². The number of anilines is 2. The Morgan fingerprint density at radius 2 is 1.67 bits per heavy atom. The van der Waals surface area contributed by atoms with Crippen molar-refractivity contribution in [3.63, 3.8) is 0 Å². The minimum atomic E-state index is -3.82. The highest BCUT2D eigenvalue weighted by Gasteiger charge is 2.29. The first-order valence-corrected chi connectivity index (χ1v) is 12.2. The normalized spacial score (nSPS) is 13.2. The lowest BCUT2D eigenvalue weighted by atomic mass is 10.0. The number of carbonyl (C=O) groups excluding carboxylic acids is 2. The summed E-state index contributed by atoms with van der Waals surface area (Å²) in [7, 11) is -3.82. The zero-order valence-corrected chi connectivity index (χ0v) is 19.1. The number of hydrogen-bond donors (Lipinski definition) is 2. The third kappa shape index (κ3) is 4.75. The SMILES string of the molecule is CCNC(=O)c1ccc(NC(=O)c2cccc(S(=O)(=O)N3CCCc4ccccc43)c2)cc1. The van der Waals surface area contributed by atoms with E-state index in [1.54, 1.807) is 36.4 Å². The summed E-state index contributed by atoms with van der Waals surface area (Å²) < 4.78 is 28.2. The Morgan fingerprint density at radius 1 is 0.909 bits per heavy atom. The molecule has 2 amide bonds. The largest absolute Gasteiger partial charge is 0.352 e. The predicted octanol–water partition coefficient (Wildman–Crippen LogP) is 3.83. The van der Waals surface area contributed by atoms with Crippen molar-refractivity contribution < 1.29 is 18.0 Å². The van der Waals surface area contributed by atoms with Crippen LogP contribution in [0.2, 0.25) is 0 Å². The fraction of sp³-hybridized carbons (Fsp3) is 0.200. The standard InChI is InChI=1S/C25H25N3O4S/c1-2-26-24(29)19-12-14-21(15-13-19)27-25(30)20-8-5-10-22(17-20)33(31,32)28-16-6-9-18-7-3-4-11-23(18)28/h3-5,7-8,10-15,17H,2,6,9,16H2,1H3,(H,26,29)(H,27,30). The van der Waals surface area contributed by atoms with Gasteiger partial charge in [-0.3, -0.25) is 13.9 Å². The molecule has 1 aliphatic heterocycles. The molecule has 8 heteroatoms. The lowest BCUT2D eigenvalue weighted by Gasteiger charge is -2.30. The lowest BCUT2D eigenvalue weighted by Crippen LogP contribution is -2.35. The number of rotatable bonds is 6. The van der Waals surface area contributed by atoms with E-state index >= 15 is 0 Å². The number of para-hydroxylation sites is 1. The second kappa shape index (κ2) is 9.46. The molecule has 0 spiro atoms. The van der Waals surface area contributed by atoms with E-state index in [0.29, 0.717) is 30.0 Å². The molecule has 3 aromatic carbocycles. The van der Waals surface area contributed by atoms with Crippen LogP contribution in [-0.4, -0.2) is 33.3 Å². The summed E-state index contributed by atoms with van der Waals surface area (Å²) in [5.41, 5.74) is 2.91. The molecule has 0 saturated carbocycles. The van der Waals surface area contributed by atoms with Crippen molar-refractivity contribution in [2.24, 2.45) is 0 Å². The van der Waals surface area contributed by atoms with Gasteiger partial charge >= 0.3 is 0 Å². The molecule has 4 rings (SSSR count). The van der Waals surface area contributed by atoms with Crippen molar-refractivity contribution in [2.75, 3.05) is 22.7 Å². The van der Waals surface area contributed by atoms with Gasteiger partial charge in [-0.25, -0.2) is 8.42 Å². The molecule has 0 fully saturated rings. The highest BCUT2D eigenvalue weighted by Crippen LogP contribution is 2.32. The summed E-state index contributed by atoms with van der Waals surface area (Å²) in [5, 5.41) is 5.47. The van der Waals surface area contributed by atoms with Gasteiger partial charge in [0.25, 0.3) is 21.8 Å². The topological polar surface area (TPSA) is 95.6 Å². The van der Waals surface area contributed by atoms with Gasteiger partial charge in [0.2, 0.25) is 0 Å². The highest BCUT2D eigenvalue weighted by atomic mass is 32.2. The van der Waals surface area contributed by atoms with Crippen LogP contribution < -0.4 is 14.9 Å². The summed E-state index contributed by atoms with van der Waals surface area (Å²) in [6.45, 7) is 2.76. The Balaban J connectivity index is 1.54. The summed E-state index contributed by atoms with van der Waals surface area (Å²) in [4.78, 5) is 24.7. The molecule has 1 heterocycles. The van der Waals surface area contributed by atoms with Gasteiger partial charge in [0.15, 0.2) is 0 Å². The number of nitrogens with one attached hydrogen (secondary N) is 2. The van der Waals surface area contributed by atoms with Crippen LogP contribution in [0.15, 0.2) is 77.7 Å². The quantitative estimate of drug-likeness (QED) is 0.581. The molecule has 1 aliphatic rings. The summed E-state index contributed by atoms with van der Waals surface area (Å²) in [5.74, 6) is -0.621. The average Bonchev–Trinajstić information content (AvgIpc) is 2.84. The maximum atomic E-state index is 13.4. The van der Waals surface area contributed by atoms with Gasteiger partial charge in [0.05, 0.1) is 10.6 Å². The number of amides is 2. The van der Waals surface area contributed by atoms with Crippen LogP contribution in [0, 0.1) is 0 Å². The first kappa shape index (κ1) is 22.5. The van der Waals surface area contributed by atoms with Crippen molar-refractivity contribution >= 4 is 33.2 Å². The van der Waals surface area contributed by atoms with Gasteiger partial charge in [0.1, 0.15) is 0 Å². The Morgan fingerprint density at radius 3 is 2.42 bits per heavy atom. The molecule has 0 unspecified atom stereocenters. The van der Waals surface area contributed by atoms with Crippen LogP contribution in [-0.2, 0) is 16.4 Å². The lowest BCUT2D eigenvalue weighted by molar-refractivity contribution is 0.0955. The summed E-state index contributed by atoms with van der Waals surface area (Å²) in [6, 6.07) is 20.0. The molecule has 0 bridgehead atoms. The molecule has 0 saturated heterocycles. The maximum absolute atomic E-state index is 13.4. The van der Waals surface area contributed by atoms with Crippen molar-refractivity contribution in [3.8, 4) is 0 Å². The molecule has 3 aromatic rings. The van der Waals surface area contributed by atoms with E-state index in [2.05, 4.69) is 10.6 Å². The third-order valence-corrected chi connectivity index (χ3v) is 7.30. The Kier molecular flexibility index (Phi) is 6.46. The molecule has 0 aliphatic carbocycles. The zero-order valence-electron chi connectivity index (χ0n) is 18.2. The van der Waals surface area contributed by atoms with Gasteiger partial charge in [0, 0.05) is 29.9 Å². The smallest absolute Gasteiger partial charge is 0.264 e. The van der Waals surface area contributed by atoms with E-state index in [1.807, 2.05) is 31.2 Å². The summed E-state index contributed by atoms with van der Waals surface area (Å²) in [6.07, 6.45) is 1.58. The minimum Gasteiger partial charge on any atom is -0.352 e. The van der Waals surface area contributed by atoms with Gasteiger partial charge in [-0.15, -0.1) is 0 Å². The zero-order chi connectivity index (χ0) is 23.4.